The van der Waals surface area contributed by atoms with Gasteiger partial charge in [-0.25, -0.2) is 4.39 Å². The first-order chi connectivity index (χ1) is 7.75. The van der Waals surface area contributed by atoms with E-state index in [1.165, 1.54) is 6.07 Å². The second-order valence-corrected chi connectivity index (χ2v) is 4.05. The number of nitrogens with one attached hydrogen (secondary N) is 1. The molecule has 0 spiro atoms. The predicted octanol–water partition coefficient (Wildman–Crippen LogP) is 3.24. The maximum absolute atomic E-state index is 13.0. The number of anilines is 1. The summed E-state index contributed by atoms with van der Waals surface area (Å²) in [6, 6.07) is 5.05. The zero-order valence-electron chi connectivity index (χ0n) is 9.37. The lowest BCUT2D eigenvalue weighted by atomic mass is 10.1. The van der Waals surface area contributed by atoms with Crippen molar-refractivity contribution in [2.45, 2.75) is 25.9 Å². The maximum Gasteiger partial charge on any atom is 0.126 e. The van der Waals surface area contributed by atoms with Gasteiger partial charge in [-0.05, 0) is 49.6 Å². The van der Waals surface area contributed by atoms with Gasteiger partial charge in [0, 0.05) is 5.69 Å². The average Bonchev–Trinajstić information content (AvgIpc) is 2.32. The van der Waals surface area contributed by atoms with Gasteiger partial charge in [-0.3, -0.25) is 0 Å². The number of aryl methyl sites for hydroxylation is 1. The molecule has 1 atom stereocenters. The number of benzene rings is 1. The number of allylic oxidation sites excluding steroid dienone is 1. The van der Waals surface area contributed by atoms with Crippen molar-refractivity contribution in [1.29, 1.82) is 0 Å². The Morgan fingerprint density at radius 1 is 1.50 bits per heavy atom. The number of hydrogen-bond donors (Lipinski definition) is 1. The highest BCUT2D eigenvalue weighted by molar-refractivity contribution is 5.45. The first-order valence-electron chi connectivity index (χ1n) is 5.56. The monoisotopic (exact) mass is 221 g/mol. The van der Waals surface area contributed by atoms with Gasteiger partial charge < -0.3 is 10.1 Å². The van der Waals surface area contributed by atoms with Gasteiger partial charge in [0.05, 0.1) is 12.8 Å². The maximum atomic E-state index is 13.0. The largest absolute Gasteiger partial charge is 0.497 e. The van der Waals surface area contributed by atoms with Crippen molar-refractivity contribution in [2.75, 3.05) is 11.9 Å². The lowest BCUT2D eigenvalue weighted by Crippen LogP contribution is -2.22. The average molecular weight is 221 g/mol. The van der Waals surface area contributed by atoms with Crippen LogP contribution in [-0.2, 0) is 4.74 Å². The highest BCUT2D eigenvalue weighted by Crippen LogP contribution is 2.15. The Morgan fingerprint density at radius 2 is 2.38 bits per heavy atom. The van der Waals surface area contributed by atoms with Crippen LogP contribution in [0.15, 0.2) is 30.5 Å². The van der Waals surface area contributed by atoms with Crippen molar-refractivity contribution in [3.05, 3.63) is 41.9 Å². The third kappa shape index (κ3) is 2.75. The first-order valence-corrected chi connectivity index (χ1v) is 5.56. The Balaban J connectivity index is 1.89. The fraction of sp³-hybridized carbons (Fsp3) is 0.385. The number of ether oxygens (including phenoxy) is 1. The second-order valence-electron chi connectivity index (χ2n) is 4.05. The Bertz CT molecular complexity index is 390. The summed E-state index contributed by atoms with van der Waals surface area (Å²) >= 11 is 0. The molecule has 2 nitrogen and oxygen atoms in total. The van der Waals surface area contributed by atoms with E-state index in [0.717, 1.165) is 25.1 Å². The lowest BCUT2D eigenvalue weighted by Gasteiger charge is -2.20. The summed E-state index contributed by atoms with van der Waals surface area (Å²) in [4.78, 5) is 0. The number of hydrogen-bond acceptors (Lipinski definition) is 2. The number of halogens is 1. The molecule has 1 unspecified atom stereocenters. The quantitative estimate of drug-likeness (QED) is 0.846. The van der Waals surface area contributed by atoms with E-state index in [1.807, 2.05) is 12.1 Å². The van der Waals surface area contributed by atoms with Gasteiger partial charge in [-0.2, -0.15) is 0 Å². The molecule has 16 heavy (non-hydrogen) atoms. The highest BCUT2D eigenvalue weighted by atomic mass is 19.1. The first kappa shape index (κ1) is 11.0. The summed E-state index contributed by atoms with van der Waals surface area (Å²) in [5, 5.41) is 3.26. The molecule has 1 aliphatic heterocycles. The number of rotatable bonds is 3. The molecule has 0 amide bonds. The van der Waals surface area contributed by atoms with Crippen molar-refractivity contribution < 1.29 is 9.13 Å². The minimum atomic E-state index is -0.164. The van der Waals surface area contributed by atoms with Crippen LogP contribution in [0.3, 0.4) is 0 Å². The summed E-state index contributed by atoms with van der Waals surface area (Å²) < 4.78 is 18.5. The van der Waals surface area contributed by atoms with Gasteiger partial charge in [0.25, 0.3) is 0 Å². The summed E-state index contributed by atoms with van der Waals surface area (Å²) in [6.07, 6.45) is 6.10. The Hall–Kier alpha value is -1.51. The molecule has 1 aliphatic rings. The third-order valence-corrected chi connectivity index (χ3v) is 2.71. The van der Waals surface area contributed by atoms with Crippen LogP contribution in [0.5, 0.6) is 0 Å². The minimum absolute atomic E-state index is 0.164. The van der Waals surface area contributed by atoms with E-state index in [2.05, 4.69) is 5.32 Å². The Labute approximate surface area is 95.1 Å². The van der Waals surface area contributed by atoms with Gasteiger partial charge in [0.1, 0.15) is 11.9 Å². The van der Waals surface area contributed by atoms with Gasteiger partial charge in [-0.15, -0.1) is 0 Å². The zero-order chi connectivity index (χ0) is 11.4. The normalized spacial score (nSPS) is 19.2. The molecule has 0 radical (unpaired) electrons. The van der Waals surface area contributed by atoms with E-state index in [9.17, 15) is 4.39 Å². The Kier molecular flexibility index (Phi) is 3.44. The van der Waals surface area contributed by atoms with Crippen LogP contribution < -0.4 is 5.32 Å². The molecular weight excluding hydrogens is 205 g/mol. The van der Waals surface area contributed by atoms with Crippen molar-refractivity contribution in [1.82, 2.24) is 0 Å². The highest BCUT2D eigenvalue weighted by Gasteiger charge is 2.10. The summed E-state index contributed by atoms with van der Waals surface area (Å²) in [6.45, 7) is 2.52. The van der Waals surface area contributed by atoms with E-state index in [1.54, 1.807) is 19.3 Å². The van der Waals surface area contributed by atoms with E-state index >= 15 is 0 Å². The molecule has 1 aromatic rings. The van der Waals surface area contributed by atoms with Crippen molar-refractivity contribution in [3.8, 4) is 0 Å². The van der Waals surface area contributed by atoms with Crippen molar-refractivity contribution in [2.24, 2.45) is 0 Å². The standard InChI is InChI=1S/C13H16FNO/c1-10-8-11(5-6-13(10)14)15-9-12-4-2-3-7-16-12/h3,5-8,12,15H,2,4,9H2,1H3. The van der Waals surface area contributed by atoms with Crippen LogP contribution in [-0.4, -0.2) is 12.6 Å². The zero-order valence-corrected chi connectivity index (χ0v) is 9.37. The van der Waals surface area contributed by atoms with Crippen molar-refractivity contribution in [3.63, 3.8) is 0 Å². The van der Waals surface area contributed by atoms with Crippen LogP contribution in [0.4, 0.5) is 10.1 Å². The molecule has 0 aromatic heterocycles. The van der Waals surface area contributed by atoms with E-state index in [0.29, 0.717) is 5.56 Å². The van der Waals surface area contributed by atoms with Gasteiger partial charge in [0.15, 0.2) is 0 Å². The molecule has 1 N–H and O–H groups in total. The van der Waals surface area contributed by atoms with E-state index in [-0.39, 0.29) is 11.9 Å². The van der Waals surface area contributed by atoms with Crippen LogP contribution in [0.1, 0.15) is 18.4 Å². The van der Waals surface area contributed by atoms with E-state index in [4.69, 9.17) is 4.74 Å². The van der Waals surface area contributed by atoms with E-state index < -0.39 is 0 Å². The van der Waals surface area contributed by atoms with Gasteiger partial charge >= 0.3 is 0 Å². The third-order valence-electron chi connectivity index (χ3n) is 2.71. The summed E-state index contributed by atoms with van der Waals surface area (Å²) in [7, 11) is 0. The van der Waals surface area contributed by atoms with Crippen LogP contribution in [0, 0.1) is 12.7 Å². The van der Waals surface area contributed by atoms with Crippen LogP contribution >= 0.6 is 0 Å². The molecule has 86 valence electrons. The van der Waals surface area contributed by atoms with Crippen LogP contribution in [0.2, 0.25) is 0 Å². The topological polar surface area (TPSA) is 21.3 Å². The second kappa shape index (κ2) is 5.01. The van der Waals surface area contributed by atoms with Gasteiger partial charge in [0.2, 0.25) is 0 Å². The molecule has 1 heterocycles. The van der Waals surface area contributed by atoms with Crippen LogP contribution in [0.25, 0.3) is 0 Å². The predicted molar refractivity (Wildman–Crippen MR) is 62.9 cm³/mol. The SMILES string of the molecule is Cc1cc(NCC2CCC=CO2)ccc1F. The minimum Gasteiger partial charge on any atom is -0.497 e. The smallest absolute Gasteiger partial charge is 0.126 e. The molecule has 0 aliphatic carbocycles. The molecule has 1 aromatic carbocycles. The molecule has 0 saturated carbocycles. The van der Waals surface area contributed by atoms with Crippen molar-refractivity contribution >= 4 is 5.69 Å². The summed E-state index contributed by atoms with van der Waals surface area (Å²) in [5.41, 5.74) is 1.60. The molecule has 0 bridgehead atoms. The molecule has 2 rings (SSSR count). The molecule has 0 fully saturated rings. The summed E-state index contributed by atoms with van der Waals surface area (Å²) in [5.74, 6) is -0.164. The Morgan fingerprint density at radius 3 is 3.06 bits per heavy atom. The molecular formula is C13H16FNO. The van der Waals surface area contributed by atoms with Gasteiger partial charge in [-0.1, -0.05) is 0 Å². The fourth-order valence-electron chi connectivity index (χ4n) is 1.72. The molecule has 0 saturated heterocycles. The lowest BCUT2D eigenvalue weighted by molar-refractivity contribution is 0.135. The fourth-order valence-corrected chi connectivity index (χ4v) is 1.72. The molecule has 3 heteroatoms.